The predicted molar refractivity (Wildman–Crippen MR) is 89.2 cm³/mol. The van der Waals surface area contributed by atoms with Crippen molar-refractivity contribution in [3.8, 4) is 0 Å². The van der Waals surface area contributed by atoms with Gasteiger partial charge in [0, 0.05) is 73.0 Å². The summed E-state index contributed by atoms with van der Waals surface area (Å²) in [5, 5.41) is 6.60. The van der Waals surface area contributed by atoms with E-state index in [0.29, 0.717) is 0 Å². The molecule has 0 bridgehead atoms. The maximum Gasteiger partial charge on any atom is 0.219 e. The summed E-state index contributed by atoms with van der Waals surface area (Å²) in [6.45, 7) is 11.4. The van der Waals surface area contributed by atoms with Crippen molar-refractivity contribution in [2.24, 2.45) is 4.99 Å². The first-order chi connectivity index (χ1) is 10.7. The largest absolute Gasteiger partial charge is 0.385 e. The monoisotopic (exact) mass is 313 g/mol. The number of rotatable bonds is 8. The zero-order valence-corrected chi connectivity index (χ0v) is 14.2. The molecule has 7 heteroatoms. The molecule has 1 rings (SSSR count). The summed E-state index contributed by atoms with van der Waals surface area (Å²) in [4.78, 5) is 20.1. The van der Waals surface area contributed by atoms with E-state index < -0.39 is 0 Å². The minimum atomic E-state index is 0.176. The third-order valence-electron chi connectivity index (χ3n) is 3.66. The van der Waals surface area contributed by atoms with Gasteiger partial charge in [-0.2, -0.15) is 0 Å². The predicted octanol–water partition coefficient (Wildman–Crippen LogP) is -0.258. The zero-order chi connectivity index (χ0) is 16.2. The molecule has 2 N–H and O–H groups in total. The molecule has 1 fully saturated rings. The lowest BCUT2D eigenvalue weighted by Crippen LogP contribution is -2.50. The fraction of sp³-hybridized carbons (Fsp3) is 0.867. The summed E-state index contributed by atoms with van der Waals surface area (Å²) in [7, 11) is 1.71. The average Bonchev–Trinajstić information content (AvgIpc) is 2.52. The lowest BCUT2D eigenvalue weighted by Gasteiger charge is -2.34. The topological polar surface area (TPSA) is 69.2 Å². The van der Waals surface area contributed by atoms with E-state index in [1.807, 2.05) is 4.90 Å². The average molecular weight is 313 g/mol. The van der Waals surface area contributed by atoms with Crippen LogP contribution in [0, 0.1) is 0 Å². The number of guanidine groups is 1. The van der Waals surface area contributed by atoms with E-state index in [9.17, 15) is 4.79 Å². The number of carbonyl (C=O) groups excluding carboxylic acids is 1. The Morgan fingerprint density at radius 1 is 1.23 bits per heavy atom. The lowest BCUT2D eigenvalue weighted by atomic mass is 10.3. The SMILES string of the molecule is CCNC(=NCCCOC)NCCN1CCN(C(C)=O)CC1. The van der Waals surface area contributed by atoms with E-state index in [1.165, 1.54) is 0 Å². The van der Waals surface area contributed by atoms with Crippen molar-refractivity contribution < 1.29 is 9.53 Å². The van der Waals surface area contributed by atoms with E-state index in [-0.39, 0.29) is 5.91 Å². The number of nitrogens with zero attached hydrogens (tertiary/aromatic N) is 3. The van der Waals surface area contributed by atoms with E-state index in [1.54, 1.807) is 14.0 Å². The molecule has 0 saturated carbocycles. The molecule has 0 spiro atoms. The Balaban J connectivity index is 2.21. The molecule has 0 aromatic carbocycles. The van der Waals surface area contributed by atoms with Crippen LogP contribution in [-0.4, -0.2) is 87.7 Å². The number of carbonyl (C=O) groups is 1. The van der Waals surface area contributed by atoms with Crippen LogP contribution < -0.4 is 10.6 Å². The van der Waals surface area contributed by atoms with E-state index in [2.05, 4.69) is 27.4 Å². The van der Waals surface area contributed by atoms with Crippen LogP contribution in [0.15, 0.2) is 4.99 Å². The summed E-state index contributed by atoms with van der Waals surface area (Å²) in [5.74, 6) is 1.04. The highest BCUT2D eigenvalue weighted by atomic mass is 16.5. The van der Waals surface area contributed by atoms with Crippen LogP contribution in [0.3, 0.4) is 0 Å². The molecule has 0 radical (unpaired) electrons. The van der Waals surface area contributed by atoms with Crippen molar-refractivity contribution >= 4 is 11.9 Å². The minimum absolute atomic E-state index is 0.176. The van der Waals surface area contributed by atoms with Crippen molar-refractivity contribution in [1.29, 1.82) is 0 Å². The number of hydrogen-bond donors (Lipinski definition) is 2. The second-order valence-electron chi connectivity index (χ2n) is 5.38. The Morgan fingerprint density at radius 2 is 1.95 bits per heavy atom. The number of hydrogen-bond acceptors (Lipinski definition) is 4. The molecular weight excluding hydrogens is 282 g/mol. The van der Waals surface area contributed by atoms with E-state index >= 15 is 0 Å². The van der Waals surface area contributed by atoms with Gasteiger partial charge in [0.15, 0.2) is 5.96 Å². The highest BCUT2D eigenvalue weighted by molar-refractivity contribution is 5.79. The van der Waals surface area contributed by atoms with Gasteiger partial charge < -0.3 is 20.3 Å². The third-order valence-corrected chi connectivity index (χ3v) is 3.66. The molecule has 1 amide bonds. The number of nitrogens with one attached hydrogen (secondary N) is 2. The van der Waals surface area contributed by atoms with Crippen LogP contribution in [0.5, 0.6) is 0 Å². The quantitative estimate of drug-likeness (QED) is 0.367. The number of ether oxygens (including phenoxy) is 1. The Hall–Kier alpha value is -1.34. The number of amides is 1. The highest BCUT2D eigenvalue weighted by Gasteiger charge is 2.17. The van der Waals surface area contributed by atoms with Crippen molar-refractivity contribution in [2.75, 3.05) is 66.1 Å². The van der Waals surface area contributed by atoms with Gasteiger partial charge in [0.1, 0.15) is 0 Å². The molecule has 22 heavy (non-hydrogen) atoms. The van der Waals surface area contributed by atoms with Gasteiger partial charge in [-0.3, -0.25) is 14.7 Å². The van der Waals surface area contributed by atoms with Gasteiger partial charge in [-0.05, 0) is 13.3 Å². The summed E-state index contributed by atoms with van der Waals surface area (Å²) in [6, 6.07) is 0. The summed E-state index contributed by atoms with van der Waals surface area (Å²) in [6.07, 6.45) is 0.931. The summed E-state index contributed by atoms with van der Waals surface area (Å²) >= 11 is 0. The molecule has 1 saturated heterocycles. The van der Waals surface area contributed by atoms with Crippen LogP contribution in [0.25, 0.3) is 0 Å². The van der Waals surface area contributed by atoms with Gasteiger partial charge in [-0.1, -0.05) is 0 Å². The molecule has 0 aromatic rings. The van der Waals surface area contributed by atoms with Gasteiger partial charge in [0.25, 0.3) is 0 Å². The molecule has 0 aromatic heterocycles. The molecule has 7 nitrogen and oxygen atoms in total. The first kappa shape index (κ1) is 18.7. The molecule has 0 unspecified atom stereocenters. The van der Waals surface area contributed by atoms with Crippen molar-refractivity contribution in [3.05, 3.63) is 0 Å². The molecule has 1 heterocycles. The van der Waals surface area contributed by atoms with Gasteiger partial charge >= 0.3 is 0 Å². The number of piperazine rings is 1. The number of aliphatic imine (C=N–C) groups is 1. The second-order valence-corrected chi connectivity index (χ2v) is 5.38. The normalized spacial score (nSPS) is 16.7. The first-order valence-corrected chi connectivity index (χ1v) is 8.16. The standard InChI is InChI=1S/C15H31N5O2/c1-4-16-15(17-6-5-13-22-3)18-7-8-19-9-11-20(12-10-19)14(2)21/h4-13H2,1-3H3,(H2,16,17,18). The van der Waals surface area contributed by atoms with Crippen LogP contribution in [0.4, 0.5) is 0 Å². The van der Waals surface area contributed by atoms with Crippen LogP contribution in [0.2, 0.25) is 0 Å². The fourth-order valence-electron chi connectivity index (χ4n) is 2.36. The highest BCUT2D eigenvalue weighted by Crippen LogP contribution is 2.00. The van der Waals surface area contributed by atoms with Gasteiger partial charge in [-0.15, -0.1) is 0 Å². The van der Waals surface area contributed by atoms with Crippen LogP contribution >= 0.6 is 0 Å². The molecule has 0 atom stereocenters. The van der Waals surface area contributed by atoms with Gasteiger partial charge in [-0.25, -0.2) is 0 Å². The molecule has 1 aliphatic heterocycles. The Kier molecular flexibility index (Phi) is 9.57. The van der Waals surface area contributed by atoms with Crippen molar-refractivity contribution in [2.45, 2.75) is 20.3 Å². The maximum absolute atomic E-state index is 11.3. The smallest absolute Gasteiger partial charge is 0.219 e. The molecule has 1 aliphatic rings. The Bertz CT molecular complexity index is 341. The van der Waals surface area contributed by atoms with Crippen LogP contribution in [-0.2, 0) is 9.53 Å². The molecular formula is C15H31N5O2. The second kappa shape index (κ2) is 11.3. The first-order valence-electron chi connectivity index (χ1n) is 8.16. The fourth-order valence-corrected chi connectivity index (χ4v) is 2.36. The third kappa shape index (κ3) is 7.61. The zero-order valence-electron chi connectivity index (χ0n) is 14.2. The van der Waals surface area contributed by atoms with Gasteiger partial charge in [0.2, 0.25) is 5.91 Å². The summed E-state index contributed by atoms with van der Waals surface area (Å²) in [5.41, 5.74) is 0. The van der Waals surface area contributed by atoms with Crippen LogP contribution in [0.1, 0.15) is 20.3 Å². The Labute approximate surface area is 134 Å². The van der Waals surface area contributed by atoms with E-state index in [0.717, 1.165) is 71.3 Å². The van der Waals surface area contributed by atoms with Crippen molar-refractivity contribution in [1.82, 2.24) is 20.4 Å². The molecule has 128 valence electrons. The molecule has 0 aliphatic carbocycles. The number of methoxy groups -OCH3 is 1. The Morgan fingerprint density at radius 3 is 2.55 bits per heavy atom. The summed E-state index contributed by atoms with van der Waals surface area (Å²) < 4.78 is 5.02. The van der Waals surface area contributed by atoms with Crippen molar-refractivity contribution in [3.63, 3.8) is 0 Å². The minimum Gasteiger partial charge on any atom is -0.385 e. The van der Waals surface area contributed by atoms with Gasteiger partial charge in [0.05, 0.1) is 0 Å². The van der Waals surface area contributed by atoms with E-state index in [4.69, 9.17) is 4.74 Å². The lowest BCUT2D eigenvalue weighted by molar-refractivity contribution is -0.130. The maximum atomic E-state index is 11.3.